The molecule has 0 aromatic heterocycles. The second-order valence-corrected chi connectivity index (χ2v) is 5.64. The highest BCUT2D eigenvalue weighted by molar-refractivity contribution is 6.35. The van der Waals surface area contributed by atoms with Gasteiger partial charge in [0.15, 0.2) is 0 Å². The van der Waals surface area contributed by atoms with Crippen molar-refractivity contribution in [1.29, 1.82) is 0 Å². The van der Waals surface area contributed by atoms with Crippen molar-refractivity contribution < 1.29 is 19.1 Å². The molecular weight excluding hydrogens is 343 g/mol. The zero-order valence-electron chi connectivity index (χ0n) is 12.6. The monoisotopic (exact) mass is 358 g/mol. The Balaban J connectivity index is 2.23. The van der Waals surface area contributed by atoms with Gasteiger partial charge in [-0.1, -0.05) is 23.2 Å². The second kappa shape index (κ2) is 7.57. The van der Waals surface area contributed by atoms with Crippen LogP contribution in [0.15, 0.2) is 29.5 Å². The fourth-order valence-corrected chi connectivity index (χ4v) is 2.60. The summed E-state index contributed by atoms with van der Waals surface area (Å²) in [5, 5.41) is 6.00. The van der Waals surface area contributed by atoms with Crippen LogP contribution in [0, 0.1) is 0 Å². The van der Waals surface area contributed by atoms with Gasteiger partial charge in [0.05, 0.1) is 28.9 Å². The van der Waals surface area contributed by atoms with Crippen LogP contribution in [0.4, 0.5) is 4.79 Å². The Morgan fingerprint density at radius 2 is 2.09 bits per heavy atom. The van der Waals surface area contributed by atoms with Gasteiger partial charge < -0.3 is 20.1 Å². The first kappa shape index (κ1) is 17.4. The summed E-state index contributed by atoms with van der Waals surface area (Å²) in [7, 11) is 0. The molecule has 0 bridgehead atoms. The van der Waals surface area contributed by atoms with Gasteiger partial charge in [-0.25, -0.2) is 9.59 Å². The molecule has 1 aromatic carbocycles. The van der Waals surface area contributed by atoms with Crippen molar-refractivity contribution in [2.45, 2.75) is 19.9 Å². The minimum Gasteiger partial charge on any atom is -0.486 e. The third-order valence-corrected chi connectivity index (χ3v) is 3.66. The predicted molar refractivity (Wildman–Crippen MR) is 86.7 cm³/mol. The first-order chi connectivity index (χ1) is 10.9. The Morgan fingerprint density at radius 3 is 2.74 bits per heavy atom. The van der Waals surface area contributed by atoms with E-state index >= 15 is 0 Å². The third kappa shape index (κ3) is 4.30. The lowest BCUT2D eigenvalue weighted by Gasteiger charge is -2.26. The van der Waals surface area contributed by atoms with Crippen LogP contribution in [0.2, 0.25) is 10.0 Å². The van der Waals surface area contributed by atoms with Crippen molar-refractivity contribution in [2.75, 3.05) is 13.2 Å². The van der Waals surface area contributed by atoms with Crippen molar-refractivity contribution >= 4 is 35.2 Å². The molecule has 6 nitrogen and oxygen atoms in total. The van der Waals surface area contributed by atoms with Gasteiger partial charge in [0, 0.05) is 5.02 Å². The summed E-state index contributed by atoms with van der Waals surface area (Å²) in [6.45, 7) is 3.61. The average molecular weight is 359 g/mol. The van der Waals surface area contributed by atoms with Crippen molar-refractivity contribution in [3.8, 4) is 5.75 Å². The molecule has 23 heavy (non-hydrogen) atoms. The number of carbonyl (C=O) groups is 2. The highest BCUT2D eigenvalue weighted by Gasteiger charge is 2.30. The maximum absolute atomic E-state index is 12.1. The minimum absolute atomic E-state index is 0.0345. The molecule has 0 radical (unpaired) electrons. The van der Waals surface area contributed by atoms with Crippen LogP contribution in [0.3, 0.4) is 0 Å². The fourth-order valence-electron chi connectivity index (χ4n) is 2.14. The van der Waals surface area contributed by atoms with E-state index in [9.17, 15) is 9.59 Å². The van der Waals surface area contributed by atoms with E-state index in [0.29, 0.717) is 27.1 Å². The van der Waals surface area contributed by atoms with E-state index < -0.39 is 18.0 Å². The predicted octanol–water partition coefficient (Wildman–Crippen LogP) is 2.89. The van der Waals surface area contributed by atoms with E-state index in [1.54, 1.807) is 32.0 Å². The molecule has 8 heteroatoms. The summed E-state index contributed by atoms with van der Waals surface area (Å²) in [6.07, 6.45) is 0. The zero-order valence-corrected chi connectivity index (χ0v) is 14.1. The first-order valence-electron chi connectivity index (χ1n) is 6.98. The first-order valence-corrected chi connectivity index (χ1v) is 7.73. The quantitative estimate of drug-likeness (QED) is 0.793. The summed E-state index contributed by atoms with van der Waals surface area (Å²) in [5.41, 5.74) is 0.655. The molecule has 1 heterocycles. The number of esters is 1. The van der Waals surface area contributed by atoms with Gasteiger partial charge in [0.25, 0.3) is 0 Å². The lowest BCUT2D eigenvalue weighted by Crippen LogP contribution is -2.50. The molecule has 0 saturated heterocycles. The maximum atomic E-state index is 12.1. The summed E-state index contributed by atoms with van der Waals surface area (Å²) in [6, 6.07) is 3.89. The van der Waals surface area contributed by atoms with Gasteiger partial charge in [0.1, 0.15) is 12.4 Å². The molecule has 1 atom stereocenters. The molecule has 124 valence electrons. The topological polar surface area (TPSA) is 76.7 Å². The largest absolute Gasteiger partial charge is 0.486 e. The van der Waals surface area contributed by atoms with Gasteiger partial charge in [-0.3, -0.25) is 0 Å². The van der Waals surface area contributed by atoms with Crippen LogP contribution < -0.4 is 15.4 Å². The average Bonchev–Trinajstić information content (AvgIpc) is 2.45. The Bertz CT molecular complexity index is 661. The molecule has 1 aromatic rings. The SMILES string of the molecule is CCOC(=O)C1=C(COc2ccc(Cl)cc2Cl)NC(=O)N[C@@H]1C. The highest BCUT2D eigenvalue weighted by Crippen LogP contribution is 2.28. The van der Waals surface area contributed by atoms with Crippen LogP contribution in [0.25, 0.3) is 0 Å². The van der Waals surface area contributed by atoms with E-state index in [-0.39, 0.29) is 13.2 Å². The fraction of sp³-hybridized carbons (Fsp3) is 0.333. The molecule has 2 amide bonds. The lowest BCUT2D eigenvalue weighted by molar-refractivity contribution is -0.139. The van der Waals surface area contributed by atoms with Gasteiger partial charge in [-0.2, -0.15) is 0 Å². The van der Waals surface area contributed by atoms with Crippen LogP contribution in [-0.4, -0.2) is 31.3 Å². The van der Waals surface area contributed by atoms with Crippen molar-refractivity contribution in [2.24, 2.45) is 0 Å². The second-order valence-electron chi connectivity index (χ2n) is 4.80. The van der Waals surface area contributed by atoms with Gasteiger partial charge in [-0.05, 0) is 32.0 Å². The Morgan fingerprint density at radius 1 is 1.35 bits per heavy atom. The smallest absolute Gasteiger partial charge is 0.338 e. The summed E-state index contributed by atoms with van der Waals surface area (Å²) in [4.78, 5) is 23.7. The number of halogens is 2. The summed E-state index contributed by atoms with van der Waals surface area (Å²) < 4.78 is 10.6. The molecule has 0 unspecified atom stereocenters. The molecule has 0 saturated carbocycles. The number of nitrogens with one attached hydrogen (secondary N) is 2. The molecule has 2 N–H and O–H groups in total. The summed E-state index contributed by atoms with van der Waals surface area (Å²) >= 11 is 11.9. The van der Waals surface area contributed by atoms with Crippen molar-refractivity contribution in [3.05, 3.63) is 39.5 Å². The standard InChI is InChI=1S/C15H16Cl2N2O4/c1-3-22-14(20)13-8(2)18-15(21)19-11(13)7-23-12-5-4-9(16)6-10(12)17/h4-6,8H,3,7H2,1-2H3,(H2,18,19,21)/t8-/m1/s1. The van der Waals surface area contributed by atoms with Gasteiger partial charge in [0.2, 0.25) is 0 Å². The molecule has 0 fully saturated rings. The van der Waals surface area contributed by atoms with Gasteiger partial charge in [-0.15, -0.1) is 0 Å². The number of rotatable bonds is 5. The lowest BCUT2D eigenvalue weighted by atomic mass is 10.0. The Kier molecular flexibility index (Phi) is 5.74. The van der Waals surface area contributed by atoms with E-state index in [0.717, 1.165) is 0 Å². The molecule has 0 aliphatic carbocycles. The molecule has 2 rings (SSSR count). The van der Waals surface area contributed by atoms with Gasteiger partial charge >= 0.3 is 12.0 Å². The van der Waals surface area contributed by atoms with Crippen LogP contribution in [0.1, 0.15) is 13.8 Å². The van der Waals surface area contributed by atoms with Crippen LogP contribution in [0.5, 0.6) is 5.75 Å². The van der Waals surface area contributed by atoms with E-state index in [1.807, 2.05) is 0 Å². The van der Waals surface area contributed by atoms with E-state index in [2.05, 4.69) is 10.6 Å². The minimum atomic E-state index is -0.506. The van der Waals surface area contributed by atoms with Crippen molar-refractivity contribution in [3.63, 3.8) is 0 Å². The number of hydrogen-bond donors (Lipinski definition) is 2. The van der Waals surface area contributed by atoms with Crippen LogP contribution >= 0.6 is 23.2 Å². The number of carbonyl (C=O) groups excluding carboxylic acids is 2. The molecule has 1 aliphatic rings. The van der Waals surface area contributed by atoms with E-state index in [1.165, 1.54) is 0 Å². The highest BCUT2D eigenvalue weighted by atomic mass is 35.5. The Hall–Kier alpha value is -1.92. The number of urea groups is 1. The number of amides is 2. The van der Waals surface area contributed by atoms with Crippen LogP contribution in [-0.2, 0) is 9.53 Å². The maximum Gasteiger partial charge on any atom is 0.338 e. The normalized spacial score (nSPS) is 17.4. The number of ether oxygens (including phenoxy) is 2. The number of benzene rings is 1. The number of hydrogen-bond acceptors (Lipinski definition) is 4. The third-order valence-electron chi connectivity index (χ3n) is 3.13. The Labute approximate surface area is 143 Å². The molecule has 1 aliphatic heterocycles. The zero-order chi connectivity index (χ0) is 17.0. The molecule has 0 spiro atoms. The van der Waals surface area contributed by atoms with Crippen molar-refractivity contribution in [1.82, 2.24) is 10.6 Å². The summed E-state index contributed by atoms with van der Waals surface area (Å²) in [5.74, 6) is -0.111. The van der Waals surface area contributed by atoms with E-state index in [4.69, 9.17) is 32.7 Å². The molecular formula is C15H16Cl2N2O4.